The van der Waals surface area contributed by atoms with Crippen LogP contribution in [0, 0.1) is 12.1 Å². The number of aromatic nitrogens is 3. The Morgan fingerprint density at radius 3 is 2.04 bits per heavy atom. The van der Waals surface area contributed by atoms with Gasteiger partial charge in [-0.2, -0.15) is 4.73 Å². The number of aryl methyl sites for hydroxylation is 1. The van der Waals surface area contributed by atoms with Crippen molar-refractivity contribution in [3.63, 3.8) is 0 Å². The lowest BCUT2D eigenvalue weighted by Crippen LogP contribution is -2.34. The molecule has 0 aliphatic heterocycles. The summed E-state index contributed by atoms with van der Waals surface area (Å²) in [5.74, 6) is 0. The highest BCUT2D eigenvalue weighted by Crippen LogP contribution is 2.27. The lowest BCUT2D eigenvalue weighted by Gasteiger charge is -2.08. The molecule has 0 radical (unpaired) electrons. The zero-order chi connectivity index (χ0) is 17.6. The van der Waals surface area contributed by atoms with Gasteiger partial charge in [0.05, 0.1) is 17.5 Å². The fourth-order valence-electron chi connectivity index (χ4n) is 2.80. The molecule has 2 aromatic heterocycles. The lowest BCUT2D eigenvalue weighted by molar-refractivity contribution is -0.600. The first-order chi connectivity index (χ1) is 12.0. The molecule has 4 aromatic rings. The molecule has 0 unspecified atom stereocenters. The molecule has 0 bridgehead atoms. The van der Waals surface area contributed by atoms with E-state index < -0.39 is 0 Å². The molecule has 0 saturated carbocycles. The van der Waals surface area contributed by atoms with Gasteiger partial charge in [-0.25, -0.2) is 4.98 Å². The minimum atomic E-state index is 0.552. The number of hydrogen-bond acceptors (Lipinski definition) is 2. The second-order valence-electron chi connectivity index (χ2n) is 5.78. The van der Waals surface area contributed by atoms with Gasteiger partial charge in [0.15, 0.2) is 0 Å². The van der Waals surface area contributed by atoms with E-state index in [0.717, 1.165) is 30.5 Å². The van der Waals surface area contributed by atoms with Crippen LogP contribution in [0.3, 0.4) is 0 Å². The summed E-state index contributed by atoms with van der Waals surface area (Å²) in [6, 6.07) is 15.6. The molecule has 0 aliphatic carbocycles. The zero-order valence-corrected chi connectivity index (χ0v) is 16.5. The van der Waals surface area contributed by atoms with Gasteiger partial charge in [-0.15, -0.1) is 0 Å². The SMILES string of the molecule is Cc1cn2cc(-c3ccc(Br)cc3)nc2c(-c2ccc(Br)cc2)[n+]1[O-]. The molecular weight excluding hydrogens is 446 g/mol. The van der Waals surface area contributed by atoms with Crippen molar-refractivity contribution in [2.45, 2.75) is 6.92 Å². The molecule has 4 nitrogen and oxygen atoms in total. The van der Waals surface area contributed by atoms with Gasteiger partial charge in [-0.3, -0.25) is 4.40 Å². The van der Waals surface area contributed by atoms with Gasteiger partial charge in [0.25, 0.3) is 5.69 Å². The minimum absolute atomic E-state index is 0.552. The van der Waals surface area contributed by atoms with Crippen molar-refractivity contribution < 1.29 is 4.73 Å². The third kappa shape index (κ3) is 2.96. The maximum absolute atomic E-state index is 12.7. The van der Waals surface area contributed by atoms with Crippen molar-refractivity contribution in [2.24, 2.45) is 0 Å². The van der Waals surface area contributed by atoms with Crippen LogP contribution in [0.15, 0.2) is 69.9 Å². The summed E-state index contributed by atoms with van der Waals surface area (Å²) >= 11 is 6.88. The van der Waals surface area contributed by atoms with Crippen molar-refractivity contribution in [3.8, 4) is 22.5 Å². The van der Waals surface area contributed by atoms with Crippen molar-refractivity contribution in [1.29, 1.82) is 0 Å². The summed E-state index contributed by atoms with van der Waals surface area (Å²) in [7, 11) is 0. The lowest BCUT2D eigenvalue weighted by atomic mass is 10.1. The number of halogens is 2. The largest absolute Gasteiger partial charge is 0.618 e. The van der Waals surface area contributed by atoms with Crippen molar-refractivity contribution >= 4 is 37.5 Å². The molecule has 2 aromatic carbocycles. The normalized spacial score (nSPS) is 11.2. The Morgan fingerprint density at radius 2 is 1.44 bits per heavy atom. The highest BCUT2D eigenvalue weighted by Gasteiger charge is 2.20. The third-order valence-electron chi connectivity index (χ3n) is 4.05. The standard InChI is InChI=1S/C19H13Br2N3O/c1-12-10-23-11-17(13-2-6-15(20)7-3-13)22-19(23)18(24(12)25)14-4-8-16(21)9-5-14/h2-11H,1H3. The number of imidazole rings is 1. The number of nitrogens with zero attached hydrogens (tertiary/aromatic N) is 3. The van der Waals surface area contributed by atoms with E-state index in [9.17, 15) is 5.21 Å². The Kier molecular flexibility index (Phi) is 4.09. The first-order valence-corrected chi connectivity index (χ1v) is 9.25. The van der Waals surface area contributed by atoms with Crippen LogP contribution in [-0.4, -0.2) is 9.38 Å². The van der Waals surface area contributed by atoms with Gasteiger partial charge in [-0.05, 0) is 36.4 Å². The Morgan fingerprint density at radius 1 is 0.880 bits per heavy atom. The molecule has 0 spiro atoms. The fourth-order valence-corrected chi connectivity index (χ4v) is 3.33. The zero-order valence-electron chi connectivity index (χ0n) is 13.3. The van der Waals surface area contributed by atoms with E-state index in [1.54, 1.807) is 13.1 Å². The number of hydrogen-bond donors (Lipinski definition) is 0. The van der Waals surface area contributed by atoms with Crippen LogP contribution in [0.2, 0.25) is 0 Å². The average molecular weight is 459 g/mol. The maximum Gasteiger partial charge on any atom is 0.267 e. The predicted molar refractivity (Wildman–Crippen MR) is 105 cm³/mol. The Bertz CT molecular complexity index is 1070. The van der Waals surface area contributed by atoms with E-state index in [4.69, 9.17) is 4.98 Å². The van der Waals surface area contributed by atoms with E-state index in [1.807, 2.05) is 59.1 Å². The summed E-state index contributed by atoms with van der Waals surface area (Å²) < 4.78 is 4.84. The van der Waals surface area contributed by atoms with Crippen LogP contribution in [0.1, 0.15) is 5.69 Å². The predicted octanol–water partition coefficient (Wildman–Crippen LogP) is 5.14. The molecular formula is C19H13Br2N3O. The van der Waals surface area contributed by atoms with E-state index in [1.165, 1.54) is 0 Å². The summed E-state index contributed by atoms with van der Waals surface area (Å²) in [6.45, 7) is 1.80. The average Bonchev–Trinajstić information content (AvgIpc) is 3.01. The Balaban J connectivity index is 1.96. The van der Waals surface area contributed by atoms with E-state index in [-0.39, 0.29) is 0 Å². The summed E-state index contributed by atoms with van der Waals surface area (Å²) in [5, 5.41) is 12.7. The van der Waals surface area contributed by atoms with Gasteiger partial charge in [0.2, 0.25) is 11.3 Å². The molecule has 0 saturated heterocycles. The first kappa shape index (κ1) is 16.3. The number of benzene rings is 2. The Labute approximate surface area is 161 Å². The third-order valence-corrected chi connectivity index (χ3v) is 5.11. The van der Waals surface area contributed by atoms with Gasteiger partial charge < -0.3 is 5.21 Å². The second-order valence-corrected chi connectivity index (χ2v) is 7.62. The quantitative estimate of drug-likeness (QED) is 0.308. The summed E-state index contributed by atoms with van der Waals surface area (Å²) in [5.41, 5.74) is 4.47. The van der Waals surface area contributed by atoms with Crippen LogP contribution in [0.5, 0.6) is 0 Å². The molecule has 25 heavy (non-hydrogen) atoms. The smallest absolute Gasteiger partial charge is 0.267 e. The highest BCUT2D eigenvalue weighted by atomic mass is 79.9. The molecule has 0 amide bonds. The number of rotatable bonds is 2. The molecule has 6 heteroatoms. The van der Waals surface area contributed by atoms with Gasteiger partial charge in [-0.1, -0.05) is 44.0 Å². The summed E-state index contributed by atoms with van der Waals surface area (Å²) in [4.78, 5) is 4.73. The molecule has 0 N–H and O–H groups in total. The summed E-state index contributed by atoms with van der Waals surface area (Å²) in [6.07, 6.45) is 3.76. The maximum atomic E-state index is 12.7. The van der Waals surface area contributed by atoms with Crippen LogP contribution < -0.4 is 4.73 Å². The topological polar surface area (TPSA) is 44.2 Å². The van der Waals surface area contributed by atoms with Gasteiger partial charge in [0.1, 0.15) is 0 Å². The monoisotopic (exact) mass is 457 g/mol. The molecule has 0 aliphatic rings. The highest BCUT2D eigenvalue weighted by molar-refractivity contribution is 9.10. The van der Waals surface area contributed by atoms with E-state index in [0.29, 0.717) is 17.0 Å². The van der Waals surface area contributed by atoms with Gasteiger partial charge in [0, 0.05) is 27.6 Å². The number of fused-ring (bicyclic) bond motifs is 1. The molecule has 2 heterocycles. The van der Waals surface area contributed by atoms with Crippen molar-refractivity contribution in [3.05, 3.63) is 80.8 Å². The minimum Gasteiger partial charge on any atom is -0.618 e. The Hall–Kier alpha value is -2.18. The van der Waals surface area contributed by atoms with Gasteiger partial charge >= 0.3 is 0 Å². The van der Waals surface area contributed by atoms with Crippen LogP contribution >= 0.6 is 31.9 Å². The molecule has 4 rings (SSSR count). The van der Waals surface area contributed by atoms with Crippen LogP contribution in [-0.2, 0) is 0 Å². The first-order valence-electron chi connectivity index (χ1n) is 7.67. The van der Waals surface area contributed by atoms with Crippen LogP contribution in [0.25, 0.3) is 28.2 Å². The van der Waals surface area contributed by atoms with Crippen LogP contribution in [0.4, 0.5) is 0 Å². The molecule has 0 fully saturated rings. The molecule has 0 atom stereocenters. The van der Waals surface area contributed by atoms with Crippen molar-refractivity contribution in [2.75, 3.05) is 0 Å². The van der Waals surface area contributed by atoms with E-state index >= 15 is 0 Å². The molecule has 124 valence electrons. The second kappa shape index (κ2) is 6.28. The van der Waals surface area contributed by atoms with Crippen molar-refractivity contribution in [1.82, 2.24) is 9.38 Å². The van der Waals surface area contributed by atoms with E-state index in [2.05, 4.69) is 31.9 Å². The fraction of sp³-hybridized carbons (Fsp3) is 0.0526.